The van der Waals surface area contributed by atoms with E-state index in [1.165, 1.54) is 6.92 Å². The molecule has 0 radical (unpaired) electrons. The SMILES string of the molecule is CC(=O)N(CCC(=O)Nc1ccc(C)c(Cl)c1)c1cc(C)cc(C)c1. The zero-order valence-corrected chi connectivity index (χ0v) is 15.8. The van der Waals surface area contributed by atoms with Crippen molar-refractivity contribution < 1.29 is 9.59 Å². The second-order valence-electron chi connectivity index (χ2n) is 6.28. The average Bonchev–Trinajstić information content (AvgIpc) is 2.50. The fourth-order valence-corrected chi connectivity index (χ4v) is 2.86. The van der Waals surface area contributed by atoms with E-state index >= 15 is 0 Å². The summed E-state index contributed by atoms with van der Waals surface area (Å²) >= 11 is 6.07. The van der Waals surface area contributed by atoms with Crippen LogP contribution in [0, 0.1) is 20.8 Å². The van der Waals surface area contributed by atoms with E-state index in [2.05, 4.69) is 11.4 Å². The molecule has 0 saturated carbocycles. The topological polar surface area (TPSA) is 49.4 Å². The Labute approximate surface area is 153 Å². The zero-order chi connectivity index (χ0) is 18.6. The number of hydrogen-bond acceptors (Lipinski definition) is 2. The molecule has 0 fully saturated rings. The minimum Gasteiger partial charge on any atom is -0.326 e. The van der Waals surface area contributed by atoms with Crippen LogP contribution in [0.15, 0.2) is 36.4 Å². The molecule has 0 saturated heterocycles. The first-order chi connectivity index (χ1) is 11.8. The van der Waals surface area contributed by atoms with E-state index in [0.717, 1.165) is 22.4 Å². The van der Waals surface area contributed by atoms with E-state index in [-0.39, 0.29) is 18.2 Å². The fraction of sp³-hybridized carbons (Fsp3) is 0.300. The molecule has 0 aliphatic rings. The molecule has 0 aliphatic carbocycles. The third-order valence-electron chi connectivity index (χ3n) is 3.92. The first kappa shape index (κ1) is 19.0. The maximum absolute atomic E-state index is 12.2. The molecule has 4 nitrogen and oxygen atoms in total. The lowest BCUT2D eigenvalue weighted by Crippen LogP contribution is -2.32. The number of amides is 2. The van der Waals surface area contributed by atoms with Crippen LogP contribution >= 0.6 is 11.6 Å². The average molecular weight is 359 g/mol. The molecule has 2 rings (SSSR count). The van der Waals surface area contributed by atoms with Crippen molar-refractivity contribution in [2.24, 2.45) is 0 Å². The van der Waals surface area contributed by atoms with Gasteiger partial charge in [-0.2, -0.15) is 0 Å². The molecular weight excluding hydrogens is 336 g/mol. The molecule has 1 N–H and O–H groups in total. The summed E-state index contributed by atoms with van der Waals surface area (Å²) < 4.78 is 0. The molecule has 2 amide bonds. The van der Waals surface area contributed by atoms with E-state index in [1.807, 2.05) is 45.0 Å². The summed E-state index contributed by atoms with van der Waals surface area (Å²) in [5.41, 5.74) is 4.59. The van der Waals surface area contributed by atoms with Crippen molar-refractivity contribution in [2.75, 3.05) is 16.8 Å². The van der Waals surface area contributed by atoms with Gasteiger partial charge < -0.3 is 10.2 Å². The Bertz CT molecular complexity index is 782. The number of hydrogen-bond donors (Lipinski definition) is 1. The van der Waals surface area contributed by atoms with Crippen molar-refractivity contribution in [1.29, 1.82) is 0 Å². The van der Waals surface area contributed by atoms with Gasteiger partial charge in [-0.3, -0.25) is 9.59 Å². The summed E-state index contributed by atoms with van der Waals surface area (Å²) in [4.78, 5) is 25.8. The number of aryl methyl sites for hydroxylation is 3. The van der Waals surface area contributed by atoms with E-state index in [4.69, 9.17) is 11.6 Å². The molecule has 0 atom stereocenters. The largest absolute Gasteiger partial charge is 0.326 e. The molecule has 5 heteroatoms. The number of anilines is 2. The molecule has 0 aliphatic heterocycles. The Morgan fingerprint density at radius 1 is 1.04 bits per heavy atom. The molecule has 0 spiro atoms. The second kappa shape index (κ2) is 8.17. The Morgan fingerprint density at radius 3 is 2.24 bits per heavy atom. The van der Waals surface area contributed by atoms with E-state index in [1.54, 1.807) is 11.0 Å². The van der Waals surface area contributed by atoms with Crippen LogP contribution in [0.1, 0.15) is 30.0 Å². The molecule has 0 aromatic heterocycles. The minimum atomic E-state index is -0.157. The molecule has 0 unspecified atom stereocenters. The number of carbonyl (C=O) groups excluding carboxylic acids is 2. The monoisotopic (exact) mass is 358 g/mol. The number of nitrogens with zero attached hydrogens (tertiary/aromatic N) is 1. The van der Waals surface area contributed by atoms with Crippen molar-refractivity contribution in [1.82, 2.24) is 0 Å². The lowest BCUT2D eigenvalue weighted by atomic mass is 10.1. The van der Waals surface area contributed by atoms with Gasteiger partial charge in [-0.1, -0.05) is 23.7 Å². The minimum absolute atomic E-state index is 0.0869. The van der Waals surface area contributed by atoms with Gasteiger partial charge in [0.25, 0.3) is 0 Å². The summed E-state index contributed by atoms with van der Waals surface area (Å²) in [7, 11) is 0. The number of halogens is 1. The third kappa shape index (κ3) is 5.33. The van der Waals surface area contributed by atoms with Gasteiger partial charge in [0.1, 0.15) is 0 Å². The lowest BCUT2D eigenvalue weighted by molar-refractivity contribution is -0.117. The van der Waals surface area contributed by atoms with Gasteiger partial charge in [-0.25, -0.2) is 0 Å². The van der Waals surface area contributed by atoms with Crippen molar-refractivity contribution in [3.63, 3.8) is 0 Å². The Kier molecular flexibility index (Phi) is 6.21. The second-order valence-corrected chi connectivity index (χ2v) is 6.69. The Hall–Kier alpha value is -2.33. The van der Waals surface area contributed by atoms with Gasteiger partial charge in [0.15, 0.2) is 0 Å². The Balaban J connectivity index is 2.04. The summed E-state index contributed by atoms with van der Waals surface area (Å²) in [5.74, 6) is -0.244. The smallest absolute Gasteiger partial charge is 0.226 e. The maximum atomic E-state index is 12.2. The van der Waals surface area contributed by atoms with Gasteiger partial charge in [-0.05, 0) is 61.7 Å². The molecular formula is C20H23ClN2O2. The number of carbonyl (C=O) groups is 2. The zero-order valence-electron chi connectivity index (χ0n) is 15.0. The van der Waals surface area contributed by atoms with Crippen LogP contribution in [0.5, 0.6) is 0 Å². The van der Waals surface area contributed by atoms with Crippen molar-refractivity contribution in [3.8, 4) is 0 Å². The third-order valence-corrected chi connectivity index (χ3v) is 4.32. The van der Waals surface area contributed by atoms with E-state index in [9.17, 15) is 9.59 Å². The predicted octanol–water partition coefficient (Wildman–Crippen LogP) is 4.65. The summed E-state index contributed by atoms with van der Waals surface area (Å²) in [6, 6.07) is 11.3. The molecule has 2 aromatic carbocycles. The van der Waals surface area contributed by atoms with Crippen LogP contribution in [0.3, 0.4) is 0 Å². The molecule has 132 valence electrons. The Morgan fingerprint density at radius 2 is 1.68 bits per heavy atom. The first-order valence-corrected chi connectivity index (χ1v) is 8.56. The summed E-state index contributed by atoms with van der Waals surface area (Å²) in [6.45, 7) is 7.72. The standard InChI is InChI=1S/C20H23ClN2O2/c1-13-9-14(2)11-18(10-13)23(16(4)24)8-7-20(25)22-17-6-5-15(3)19(21)12-17/h5-6,9-12H,7-8H2,1-4H3,(H,22,25). The normalized spacial score (nSPS) is 10.4. The van der Waals surface area contributed by atoms with Crippen molar-refractivity contribution in [2.45, 2.75) is 34.1 Å². The van der Waals surface area contributed by atoms with Crippen molar-refractivity contribution >= 4 is 34.8 Å². The number of benzene rings is 2. The van der Waals surface area contributed by atoms with E-state index < -0.39 is 0 Å². The molecule has 0 heterocycles. The van der Waals surface area contributed by atoms with Gasteiger partial charge in [-0.15, -0.1) is 0 Å². The summed E-state index contributed by atoms with van der Waals surface area (Å²) in [5, 5.41) is 3.43. The molecule has 0 bridgehead atoms. The quantitative estimate of drug-likeness (QED) is 0.845. The van der Waals surface area contributed by atoms with Crippen molar-refractivity contribution in [3.05, 3.63) is 58.1 Å². The van der Waals surface area contributed by atoms with E-state index in [0.29, 0.717) is 17.3 Å². The molecule has 2 aromatic rings. The van der Waals surface area contributed by atoms with Crippen LogP contribution in [-0.4, -0.2) is 18.4 Å². The van der Waals surface area contributed by atoms with Crippen LogP contribution in [0.2, 0.25) is 5.02 Å². The predicted molar refractivity (Wildman–Crippen MR) is 103 cm³/mol. The number of nitrogens with one attached hydrogen (secondary N) is 1. The maximum Gasteiger partial charge on any atom is 0.226 e. The molecule has 25 heavy (non-hydrogen) atoms. The highest BCUT2D eigenvalue weighted by molar-refractivity contribution is 6.31. The van der Waals surface area contributed by atoms with Gasteiger partial charge in [0.2, 0.25) is 11.8 Å². The van der Waals surface area contributed by atoms with Crippen LogP contribution in [0.4, 0.5) is 11.4 Å². The first-order valence-electron chi connectivity index (χ1n) is 8.18. The number of rotatable bonds is 5. The van der Waals surface area contributed by atoms with Crippen LogP contribution in [0.25, 0.3) is 0 Å². The van der Waals surface area contributed by atoms with Gasteiger partial charge in [0.05, 0.1) is 0 Å². The highest BCUT2D eigenvalue weighted by Gasteiger charge is 2.14. The van der Waals surface area contributed by atoms with Gasteiger partial charge in [0, 0.05) is 36.3 Å². The lowest BCUT2D eigenvalue weighted by Gasteiger charge is -2.22. The fourth-order valence-electron chi connectivity index (χ4n) is 2.68. The van der Waals surface area contributed by atoms with Gasteiger partial charge >= 0.3 is 0 Å². The van der Waals surface area contributed by atoms with Crippen LogP contribution < -0.4 is 10.2 Å². The highest BCUT2D eigenvalue weighted by atomic mass is 35.5. The van der Waals surface area contributed by atoms with Crippen LogP contribution in [-0.2, 0) is 9.59 Å². The highest BCUT2D eigenvalue weighted by Crippen LogP contribution is 2.21. The summed E-state index contributed by atoms with van der Waals surface area (Å²) in [6.07, 6.45) is 0.206.